The molecule has 7 rings (SSSR count). The summed E-state index contributed by atoms with van der Waals surface area (Å²) in [4.78, 5) is 36.5. The van der Waals surface area contributed by atoms with Crippen LogP contribution in [-0.4, -0.2) is 48.1 Å². The van der Waals surface area contributed by atoms with Crippen molar-refractivity contribution in [2.24, 2.45) is 0 Å². The first kappa shape index (κ1) is 30.0. The number of ether oxygens (including phenoxy) is 1. The minimum atomic E-state index is -0.533. The molecule has 0 bridgehead atoms. The highest BCUT2D eigenvalue weighted by Gasteiger charge is 2.35. The number of imidazole rings is 2. The van der Waals surface area contributed by atoms with E-state index in [0.29, 0.717) is 12.5 Å². The Hall–Kier alpha value is -4.72. The van der Waals surface area contributed by atoms with Crippen LogP contribution in [0.2, 0.25) is 0 Å². The molecule has 1 aliphatic rings. The largest absolute Gasteiger partial charge is 0.444 e. The molecule has 46 heavy (non-hydrogen) atoms. The third-order valence-electron chi connectivity index (χ3n) is 8.97. The predicted octanol–water partition coefficient (Wildman–Crippen LogP) is 9.69. The zero-order valence-electron chi connectivity index (χ0n) is 27.4. The summed E-state index contributed by atoms with van der Waals surface area (Å²) in [6.07, 6.45) is 5.05. The maximum Gasteiger partial charge on any atom is 0.410 e. The Morgan fingerprint density at radius 2 is 1.59 bits per heavy atom. The number of aromatic nitrogens is 5. The maximum absolute atomic E-state index is 12.9. The number of nitrogens with one attached hydrogen (secondary N) is 2. The summed E-state index contributed by atoms with van der Waals surface area (Å²) in [5, 5.41) is 1.08. The molecule has 0 radical (unpaired) electrons. The second-order valence-corrected chi connectivity index (χ2v) is 13.7. The van der Waals surface area contributed by atoms with E-state index in [2.05, 4.69) is 84.5 Å². The number of aromatic amines is 2. The van der Waals surface area contributed by atoms with Gasteiger partial charge in [0.25, 0.3) is 0 Å². The number of unbranched alkanes of at least 4 members (excludes halogenated alkanes) is 1. The molecule has 4 heterocycles. The lowest BCUT2D eigenvalue weighted by atomic mass is 10.0. The van der Waals surface area contributed by atoms with Crippen LogP contribution in [0.3, 0.4) is 0 Å². The van der Waals surface area contributed by atoms with E-state index in [-0.39, 0.29) is 12.1 Å². The van der Waals surface area contributed by atoms with Crippen LogP contribution >= 0.6 is 0 Å². The number of nitrogens with zero attached hydrogens (tertiary/aromatic N) is 4. The molecule has 8 heteroatoms. The third kappa shape index (κ3) is 5.96. The second-order valence-electron chi connectivity index (χ2n) is 13.7. The van der Waals surface area contributed by atoms with Crippen molar-refractivity contribution in [2.45, 2.75) is 84.3 Å². The predicted molar refractivity (Wildman–Crippen MR) is 185 cm³/mol. The quantitative estimate of drug-likeness (QED) is 0.186. The zero-order valence-corrected chi connectivity index (χ0v) is 27.4. The highest BCUT2D eigenvalue weighted by atomic mass is 16.6. The van der Waals surface area contributed by atoms with E-state index < -0.39 is 5.60 Å². The maximum atomic E-state index is 12.9. The van der Waals surface area contributed by atoms with E-state index in [0.717, 1.165) is 86.3 Å². The van der Waals surface area contributed by atoms with Crippen molar-refractivity contribution in [1.82, 2.24) is 29.8 Å². The second kappa shape index (κ2) is 11.9. The molecule has 2 N–H and O–H groups in total. The monoisotopic (exact) mass is 614 g/mol. The van der Waals surface area contributed by atoms with Gasteiger partial charge in [-0.2, -0.15) is 0 Å². The number of hydrogen-bond donors (Lipinski definition) is 2. The lowest BCUT2D eigenvalue weighted by Crippen LogP contribution is -2.36. The Morgan fingerprint density at radius 1 is 0.891 bits per heavy atom. The number of likely N-dealkylation sites (tertiary alicyclic amines) is 1. The molecule has 1 fully saturated rings. The van der Waals surface area contributed by atoms with Gasteiger partial charge >= 0.3 is 6.09 Å². The Morgan fingerprint density at radius 3 is 2.37 bits per heavy atom. The lowest BCUT2D eigenvalue weighted by Gasteiger charge is -2.27. The molecule has 0 aliphatic carbocycles. The molecule has 236 valence electrons. The molecule has 3 aromatic carbocycles. The number of carbonyl (C=O) groups excluding carboxylic acids is 1. The van der Waals surface area contributed by atoms with Crippen LogP contribution in [0.4, 0.5) is 4.79 Å². The molecule has 0 saturated carbocycles. The van der Waals surface area contributed by atoms with Gasteiger partial charge in [0, 0.05) is 23.4 Å². The molecule has 1 saturated heterocycles. The molecule has 6 aromatic rings. The van der Waals surface area contributed by atoms with E-state index in [1.54, 1.807) is 4.90 Å². The summed E-state index contributed by atoms with van der Waals surface area (Å²) in [5.41, 5.74) is 8.53. The number of amides is 1. The van der Waals surface area contributed by atoms with Crippen LogP contribution in [0, 0.1) is 0 Å². The fourth-order valence-electron chi connectivity index (χ4n) is 6.49. The van der Waals surface area contributed by atoms with Crippen LogP contribution in [0.1, 0.15) is 90.3 Å². The minimum absolute atomic E-state index is 0.114. The van der Waals surface area contributed by atoms with E-state index in [1.165, 1.54) is 12.8 Å². The zero-order chi connectivity index (χ0) is 32.0. The topological polar surface area (TPSA) is 99.8 Å². The highest BCUT2D eigenvalue weighted by molar-refractivity contribution is 5.89. The molecule has 0 spiro atoms. The third-order valence-corrected chi connectivity index (χ3v) is 8.97. The number of benzene rings is 3. The number of hydrogen-bond acceptors (Lipinski definition) is 5. The average molecular weight is 615 g/mol. The molecule has 8 nitrogen and oxygen atoms in total. The van der Waals surface area contributed by atoms with E-state index in [4.69, 9.17) is 19.7 Å². The Labute approximate surface area is 269 Å². The Bertz CT molecular complexity index is 2050. The van der Waals surface area contributed by atoms with Gasteiger partial charge in [0.05, 0.1) is 39.3 Å². The molecular weight excluding hydrogens is 572 g/mol. The molecule has 2 atom stereocenters. The summed E-state index contributed by atoms with van der Waals surface area (Å²) in [6, 6.07) is 23.2. The lowest BCUT2D eigenvalue weighted by molar-refractivity contribution is 0.0219. The Kier molecular flexibility index (Phi) is 7.75. The molecule has 3 aromatic heterocycles. The van der Waals surface area contributed by atoms with Gasteiger partial charge in [-0.05, 0) is 93.6 Å². The van der Waals surface area contributed by atoms with E-state index in [1.807, 2.05) is 26.8 Å². The van der Waals surface area contributed by atoms with Crippen molar-refractivity contribution < 1.29 is 9.53 Å². The van der Waals surface area contributed by atoms with E-state index >= 15 is 0 Å². The number of fused-ring (bicyclic) bond motifs is 3. The van der Waals surface area contributed by atoms with Crippen molar-refractivity contribution in [2.75, 3.05) is 6.54 Å². The van der Waals surface area contributed by atoms with Gasteiger partial charge in [0.15, 0.2) is 0 Å². The SMILES string of the molecule is CCCC[C@H](C)c1nc2ccc(-c3ccc4cc(-c5ccc6nc([C@@H]7CCCN7C(=O)OC(C)(C)C)[nH]c6c5)ccc4n3)cc2[nH]1. The number of pyridine rings is 1. The normalized spacial score (nSPS) is 16.1. The molecular formula is C38H42N6O2. The summed E-state index contributed by atoms with van der Waals surface area (Å²) in [7, 11) is 0. The first-order chi connectivity index (χ1) is 22.1. The summed E-state index contributed by atoms with van der Waals surface area (Å²) in [6.45, 7) is 10.8. The standard InChI is InChI=1S/C38H42N6O2/c1-6-7-9-23(2)35-40-30-18-14-27(22-33(30)42-35)29-16-13-26-20-24(11-15-28(26)39-29)25-12-17-31-32(21-25)43-36(41-31)34-10-8-19-44(34)37(45)46-38(3,4)5/h11-18,20-23,34H,6-10,19H2,1-5H3,(H,40,42)(H,41,43)/t23-,34-/m0/s1. The molecule has 1 aliphatic heterocycles. The number of rotatable bonds is 7. The fourth-order valence-corrected chi connectivity index (χ4v) is 6.49. The van der Waals surface area contributed by atoms with Gasteiger partial charge in [0.1, 0.15) is 17.2 Å². The van der Waals surface area contributed by atoms with Crippen molar-refractivity contribution in [3.8, 4) is 22.4 Å². The summed E-state index contributed by atoms with van der Waals surface area (Å²) >= 11 is 0. The number of H-pyrrole nitrogens is 2. The summed E-state index contributed by atoms with van der Waals surface area (Å²) in [5.74, 6) is 2.29. The van der Waals surface area contributed by atoms with Gasteiger partial charge < -0.3 is 14.7 Å². The molecule has 1 amide bonds. The Balaban J connectivity index is 1.12. The number of carbonyl (C=O) groups is 1. The summed E-state index contributed by atoms with van der Waals surface area (Å²) < 4.78 is 5.66. The van der Waals surface area contributed by atoms with Crippen LogP contribution in [0.25, 0.3) is 55.4 Å². The van der Waals surface area contributed by atoms with Crippen molar-refractivity contribution in [3.63, 3.8) is 0 Å². The minimum Gasteiger partial charge on any atom is -0.444 e. The van der Waals surface area contributed by atoms with Gasteiger partial charge in [-0.25, -0.2) is 19.7 Å². The average Bonchev–Trinajstić information content (AvgIpc) is 3.79. The van der Waals surface area contributed by atoms with Gasteiger partial charge in [0.2, 0.25) is 0 Å². The van der Waals surface area contributed by atoms with Crippen LogP contribution in [0.5, 0.6) is 0 Å². The van der Waals surface area contributed by atoms with Gasteiger partial charge in [-0.15, -0.1) is 0 Å². The van der Waals surface area contributed by atoms with Crippen molar-refractivity contribution >= 4 is 39.1 Å². The smallest absolute Gasteiger partial charge is 0.410 e. The van der Waals surface area contributed by atoms with Gasteiger partial charge in [-0.1, -0.05) is 51.0 Å². The van der Waals surface area contributed by atoms with Crippen LogP contribution in [0.15, 0.2) is 66.7 Å². The van der Waals surface area contributed by atoms with Gasteiger partial charge in [-0.3, -0.25) is 4.90 Å². The molecule has 0 unspecified atom stereocenters. The highest BCUT2D eigenvalue weighted by Crippen LogP contribution is 2.34. The first-order valence-corrected chi connectivity index (χ1v) is 16.6. The van der Waals surface area contributed by atoms with Crippen LogP contribution in [-0.2, 0) is 4.74 Å². The van der Waals surface area contributed by atoms with Crippen molar-refractivity contribution in [3.05, 3.63) is 78.4 Å². The fraction of sp³-hybridized carbons (Fsp3) is 0.368. The van der Waals surface area contributed by atoms with Crippen molar-refractivity contribution in [1.29, 1.82) is 0 Å². The van der Waals surface area contributed by atoms with Crippen LogP contribution < -0.4 is 0 Å². The first-order valence-electron chi connectivity index (χ1n) is 16.6. The van der Waals surface area contributed by atoms with E-state index in [9.17, 15) is 4.79 Å².